The lowest BCUT2D eigenvalue weighted by Gasteiger charge is -2.13. The van der Waals surface area contributed by atoms with E-state index in [-0.39, 0.29) is 0 Å². The fourth-order valence-electron chi connectivity index (χ4n) is 1.47. The molecule has 0 aliphatic heterocycles. The van der Waals surface area contributed by atoms with Crippen molar-refractivity contribution in [1.82, 2.24) is 0 Å². The number of allylic oxidation sites excluding steroid dienone is 2. The third-order valence-electron chi connectivity index (χ3n) is 2.01. The van der Waals surface area contributed by atoms with E-state index in [1.54, 1.807) is 0 Å². The maximum atomic E-state index is 10.8. The number of ketones is 1. The predicted molar refractivity (Wildman–Crippen MR) is 46.4 cm³/mol. The summed E-state index contributed by atoms with van der Waals surface area (Å²) in [5.74, 6) is 1.13. The van der Waals surface area contributed by atoms with Crippen molar-refractivity contribution in [3.63, 3.8) is 0 Å². The van der Waals surface area contributed by atoms with Crippen LogP contribution < -0.4 is 0 Å². The van der Waals surface area contributed by atoms with Crippen LogP contribution in [-0.2, 0) is 4.79 Å². The van der Waals surface area contributed by atoms with Crippen molar-refractivity contribution in [2.45, 2.75) is 39.5 Å². The molecule has 0 radical (unpaired) electrons. The summed E-state index contributed by atoms with van der Waals surface area (Å²) in [6.07, 6.45) is 5.76. The minimum atomic E-state index is 0.400. The SMILES string of the molecule is CC(C)CC1=CCC(=O)CC1. The number of hydrogen-bond donors (Lipinski definition) is 0. The van der Waals surface area contributed by atoms with Gasteiger partial charge in [0.15, 0.2) is 0 Å². The summed E-state index contributed by atoms with van der Waals surface area (Å²) in [5.41, 5.74) is 1.49. The van der Waals surface area contributed by atoms with Gasteiger partial charge >= 0.3 is 0 Å². The van der Waals surface area contributed by atoms with Crippen LogP contribution in [0.4, 0.5) is 0 Å². The Kier molecular flexibility index (Phi) is 2.86. The van der Waals surface area contributed by atoms with E-state index >= 15 is 0 Å². The first-order chi connectivity index (χ1) is 5.18. The predicted octanol–water partition coefficient (Wildman–Crippen LogP) is 2.71. The summed E-state index contributed by atoms with van der Waals surface area (Å²) in [4.78, 5) is 10.8. The van der Waals surface area contributed by atoms with Gasteiger partial charge in [0.25, 0.3) is 0 Å². The molecule has 0 bridgehead atoms. The van der Waals surface area contributed by atoms with E-state index in [9.17, 15) is 4.79 Å². The van der Waals surface area contributed by atoms with Gasteiger partial charge < -0.3 is 0 Å². The third-order valence-corrected chi connectivity index (χ3v) is 2.01. The van der Waals surface area contributed by atoms with Gasteiger partial charge in [0.05, 0.1) is 0 Å². The normalized spacial score (nSPS) is 18.8. The molecule has 0 amide bonds. The van der Waals surface area contributed by atoms with Crippen molar-refractivity contribution < 1.29 is 4.79 Å². The van der Waals surface area contributed by atoms with E-state index in [4.69, 9.17) is 0 Å². The topological polar surface area (TPSA) is 17.1 Å². The van der Waals surface area contributed by atoms with E-state index in [0.717, 1.165) is 18.8 Å². The van der Waals surface area contributed by atoms with Crippen LogP contribution in [0, 0.1) is 5.92 Å². The Bertz CT molecular complexity index is 177. The fourth-order valence-corrected chi connectivity index (χ4v) is 1.47. The molecule has 1 heteroatoms. The molecular weight excluding hydrogens is 136 g/mol. The quantitative estimate of drug-likeness (QED) is 0.556. The van der Waals surface area contributed by atoms with Crippen molar-refractivity contribution in [1.29, 1.82) is 0 Å². The lowest BCUT2D eigenvalue weighted by atomic mass is 9.92. The van der Waals surface area contributed by atoms with Gasteiger partial charge in [-0.1, -0.05) is 25.5 Å². The summed E-state index contributed by atoms with van der Waals surface area (Å²) < 4.78 is 0. The average Bonchev–Trinajstić information content (AvgIpc) is 1.93. The van der Waals surface area contributed by atoms with Crippen molar-refractivity contribution >= 4 is 5.78 Å². The molecule has 0 heterocycles. The molecule has 0 atom stereocenters. The monoisotopic (exact) mass is 152 g/mol. The highest BCUT2D eigenvalue weighted by molar-refractivity contribution is 5.81. The zero-order chi connectivity index (χ0) is 8.27. The maximum Gasteiger partial charge on any atom is 0.136 e. The number of rotatable bonds is 2. The first kappa shape index (κ1) is 8.51. The molecule has 1 aliphatic carbocycles. The molecule has 1 aliphatic rings. The van der Waals surface area contributed by atoms with Crippen LogP contribution in [0.5, 0.6) is 0 Å². The molecule has 0 aromatic rings. The van der Waals surface area contributed by atoms with Crippen LogP contribution in [0.25, 0.3) is 0 Å². The largest absolute Gasteiger partial charge is 0.299 e. The molecule has 1 rings (SSSR count). The second-order valence-corrected chi connectivity index (χ2v) is 3.70. The highest BCUT2D eigenvalue weighted by Crippen LogP contribution is 2.21. The second kappa shape index (κ2) is 3.70. The molecule has 0 spiro atoms. The van der Waals surface area contributed by atoms with Crippen LogP contribution in [0.1, 0.15) is 39.5 Å². The van der Waals surface area contributed by atoms with Crippen LogP contribution in [-0.4, -0.2) is 5.78 Å². The Hall–Kier alpha value is -0.590. The molecule has 0 aromatic carbocycles. The maximum absolute atomic E-state index is 10.8. The van der Waals surface area contributed by atoms with E-state index < -0.39 is 0 Å². The van der Waals surface area contributed by atoms with Gasteiger partial charge in [-0.25, -0.2) is 0 Å². The molecule has 11 heavy (non-hydrogen) atoms. The molecule has 0 N–H and O–H groups in total. The van der Waals surface area contributed by atoms with Gasteiger partial charge in [-0.2, -0.15) is 0 Å². The third kappa shape index (κ3) is 2.87. The minimum Gasteiger partial charge on any atom is -0.299 e. The van der Waals surface area contributed by atoms with Gasteiger partial charge in [0.1, 0.15) is 5.78 Å². The van der Waals surface area contributed by atoms with Crippen LogP contribution in [0.15, 0.2) is 11.6 Å². The lowest BCUT2D eigenvalue weighted by molar-refractivity contribution is -0.118. The van der Waals surface area contributed by atoms with Gasteiger partial charge in [-0.3, -0.25) is 4.79 Å². The summed E-state index contributed by atoms with van der Waals surface area (Å²) in [6, 6.07) is 0. The molecule has 62 valence electrons. The standard InChI is InChI=1S/C10H16O/c1-8(2)7-9-3-5-10(11)6-4-9/h3,8H,4-7H2,1-2H3. The van der Waals surface area contributed by atoms with E-state index in [0.29, 0.717) is 12.2 Å². The van der Waals surface area contributed by atoms with Crippen LogP contribution >= 0.6 is 0 Å². The van der Waals surface area contributed by atoms with E-state index in [2.05, 4.69) is 19.9 Å². The number of carbonyl (C=O) groups is 1. The Balaban J connectivity index is 2.41. The Morgan fingerprint density at radius 2 is 2.18 bits per heavy atom. The van der Waals surface area contributed by atoms with Crippen molar-refractivity contribution in [2.24, 2.45) is 5.92 Å². The average molecular weight is 152 g/mol. The van der Waals surface area contributed by atoms with Crippen molar-refractivity contribution in [2.75, 3.05) is 0 Å². The first-order valence-electron chi connectivity index (χ1n) is 4.38. The number of carbonyl (C=O) groups excluding carboxylic acids is 1. The highest BCUT2D eigenvalue weighted by atomic mass is 16.1. The van der Waals surface area contributed by atoms with Crippen molar-refractivity contribution in [3.05, 3.63) is 11.6 Å². The van der Waals surface area contributed by atoms with Gasteiger partial charge in [0, 0.05) is 12.8 Å². The number of hydrogen-bond acceptors (Lipinski definition) is 1. The first-order valence-corrected chi connectivity index (χ1v) is 4.38. The zero-order valence-corrected chi connectivity index (χ0v) is 7.39. The number of Topliss-reactive ketones (excluding diaryl/α,β-unsaturated/α-hetero) is 1. The summed E-state index contributed by atoms with van der Waals surface area (Å²) in [6.45, 7) is 4.44. The Morgan fingerprint density at radius 1 is 1.45 bits per heavy atom. The molecular formula is C10H16O. The zero-order valence-electron chi connectivity index (χ0n) is 7.39. The lowest BCUT2D eigenvalue weighted by Crippen LogP contribution is -2.04. The van der Waals surface area contributed by atoms with E-state index in [1.807, 2.05) is 0 Å². The van der Waals surface area contributed by atoms with Crippen LogP contribution in [0.3, 0.4) is 0 Å². The van der Waals surface area contributed by atoms with Gasteiger partial charge in [-0.05, 0) is 18.8 Å². The Labute approximate surface area is 68.5 Å². The molecule has 0 fully saturated rings. The minimum absolute atomic E-state index is 0.400. The molecule has 0 unspecified atom stereocenters. The second-order valence-electron chi connectivity index (χ2n) is 3.70. The Morgan fingerprint density at radius 3 is 2.64 bits per heavy atom. The fraction of sp³-hybridized carbons (Fsp3) is 0.700. The van der Waals surface area contributed by atoms with E-state index in [1.165, 1.54) is 12.0 Å². The van der Waals surface area contributed by atoms with Crippen LogP contribution in [0.2, 0.25) is 0 Å². The molecule has 0 saturated carbocycles. The van der Waals surface area contributed by atoms with Gasteiger partial charge in [-0.15, -0.1) is 0 Å². The molecule has 0 aromatic heterocycles. The smallest absolute Gasteiger partial charge is 0.136 e. The summed E-state index contributed by atoms with van der Waals surface area (Å²) in [5, 5.41) is 0. The highest BCUT2D eigenvalue weighted by Gasteiger charge is 2.10. The van der Waals surface area contributed by atoms with Gasteiger partial charge in [0.2, 0.25) is 0 Å². The molecule has 1 nitrogen and oxygen atoms in total. The molecule has 0 saturated heterocycles. The summed E-state index contributed by atoms with van der Waals surface area (Å²) in [7, 11) is 0. The summed E-state index contributed by atoms with van der Waals surface area (Å²) >= 11 is 0. The van der Waals surface area contributed by atoms with Crippen molar-refractivity contribution in [3.8, 4) is 0 Å².